The molecular weight excluding hydrogens is 294 g/mol. The molecule has 0 aromatic heterocycles. The van der Waals surface area contributed by atoms with E-state index in [1.165, 1.54) is 0 Å². The molecule has 1 aliphatic heterocycles. The Labute approximate surface area is 135 Å². The van der Waals surface area contributed by atoms with Crippen LogP contribution in [-0.4, -0.2) is 27.2 Å². The molecule has 0 spiro atoms. The van der Waals surface area contributed by atoms with Crippen LogP contribution in [0.2, 0.25) is 0 Å². The van der Waals surface area contributed by atoms with Gasteiger partial charge in [-0.3, -0.25) is 4.79 Å². The van der Waals surface area contributed by atoms with Crippen LogP contribution in [0.5, 0.6) is 17.2 Å². The largest absolute Gasteiger partial charge is 0.497 e. The number of fused-ring (bicyclic) bond motifs is 1. The minimum absolute atomic E-state index is 0.0446. The van der Waals surface area contributed by atoms with Gasteiger partial charge in [0.15, 0.2) is 0 Å². The molecule has 5 heteroatoms. The molecule has 1 N–H and O–H groups in total. The molecule has 0 fully saturated rings. The van der Waals surface area contributed by atoms with E-state index in [1.807, 2.05) is 30.3 Å². The lowest BCUT2D eigenvalue weighted by Crippen LogP contribution is -2.24. The van der Waals surface area contributed by atoms with Gasteiger partial charge in [-0.2, -0.15) is 0 Å². The summed E-state index contributed by atoms with van der Waals surface area (Å²) in [4.78, 5) is 12.2. The number of carbonyl (C=O) groups excluding carboxylic acids is 1. The van der Waals surface area contributed by atoms with Crippen LogP contribution in [-0.2, 0) is 4.79 Å². The summed E-state index contributed by atoms with van der Waals surface area (Å²) in [5, 5.41) is 2.91. The molecule has 120 valence electrons. The van der Waals surface area contributed by atoms with Gasteiger partial charge < -0.3 is 19.5 Å². The zero-order valence-electron chi connectivity index (χ0n) is 13.4. The molecule has 0 bridgehead atoms. The minimum Gasteiger partial charge on any atom is -0.497 e. The average Bonchev–Trinajstić information content (AvgIpc) is 2.60. The molecule has 3 rings (SSSR count). The second kappa shape index (κ2) is 6.20. The Kier molecular flexibility index (Phi) is 4.10. The molecular formula is C18H19NO4. The number of methoxy groups -OCH3 is 3. The molecule has 0 saturated heterocycles. The van der Waals surface area contributed by atoms with E-state index < -0.39 is 0 Å². The SMILES string of the molecule is COc1cccc(C2CC(=O)Nc3c(OC)ccc(OC)c32)c1. The number of hydrogen-bond donors (Lipinski definition) is 1. The highest BCUT2D eigenvalue weighted by Crippen LogP contribution is 2.47. The molecule has 2 aromatic rings. The monoisotopic (exact) mass is 313 g/mol. The fourth-order valence-corrected chi connectivity index (χ4v) is 3.02. The lowest BCUT2D eigenvalue weighted by atomic mass is 9.84. The number of rotatable bonds is 4. The Balaban J connectivity index is 2.19. The first-order valence-corrected chi connectivity index (χ1v) is 7.36. The average molecular weight is 313 g/mol. The van der Waals surface area contributed by atoms with Crippen molar-refractivity contribution in [2.75, 3.05) is 26.6 Å². The van der Waals surface area contributed by atoms with Crippen LogP contribution in [0.25, 0.3) is 0 Å². The highest BCUT2D eigenvalue weighted by atomic mass is 16.5. The lowest BCUT2D eigenvalue weighted by Gasteiger charge is -2.29. The van der Waals surface area contributed by atoms with Gasteiger partial charge >= 0.3 is 0 Å². The van der Waals surface area contributed by atoms with Gasteiger partial charge in [0.25, 0.3) is 0 Å². The Morgan fingerprint density at radius 3 is 2.43 bits per heavy atom. The smallest absolute Gasteiger partial charge is 0.225 e. The summed E-state index contributed by atoms with van der Waals surface area (Å²) in [7, 11) is 4.84. The van der Waals surface area contributed by atoms with E-state index in [0.29, 0.717) is 17.9 Å². The molecule has 1 aliphatic rings. The number of carbonyl (C=O) groups is 1. The van der Waals surface area contributed by atoms with Crippen LogP contribution < -0.4 is 19.5 Å². The number of nitrogens with one attached hydrogen (secondary N) is 1. The molecule has 1 atom stereocenters. The third kappa shape index (κ3) is 2.70. The molecule has 5 nitrogen and oxygen atoms in total. The van der Waals surface area contributed by atoms with Crippen molar-refractivity contribution in [3.05, 3.63) is 47.5 Å². The molecule has 0 saturated carbocycles. The van der Waals surface area contributed by atoms with Crippen molar-refractivity contribution >= 4 is 11.6 Å². The number of benzene rings is 2. The standard InChI is InChI=1S/C18H19NO4/c1-21-12-6-4-5-11(9-12)13-10-16(20)19-18-15(23-3)8-7-14(22-2)17(13)18/h4-9,13H,10H2,1-3H3,(H,19,20). The van der Waals surface area contributed by atoms with E-state index in [9.17, 15) is 4.79 Å². The van der Waals surface area contributed by atoms with Gasteiger partial charge in [0, 0.05) is 17.9 Å². The Morgan fingerprint density at radius 1 is 1.00 bits per heavy atom. The van der Waals surface area contributed by atoms with Gasteiger partial charge in [-0.1, -0.05) is 12.1 Å². The highest BCUT2D eigenvalue weighted by Gasteiger charge is 2.32. The van der Waals surface area contributed by atoms with Crippen LogP contribution in [0.15, 0.2) is 36.4 Å². The number of amides is 1. The van der Waals surface area contributed by atoms with Crippen molar-refractivity contribution in [2.24, 2.45) is 0 Å². The predicted molar refractivity (Wildman–Crippen MR) is 87.6 cm³/mol. The molecule has 1 amide bonds. The summed E-state index contributed by atoms with van der Waals surface area (Å²) in [6.45, 7) is 0. The van der Waals surface area contributed by atoms with E-state index in [2.05, 4.69) is 5.32 Å². The summed E-state index contributed by atoms with van der Waals surface area (Å²) >= 11 is 0. The van der Waals surface area contributed by atoms with E-state index >= 15 is 0 Å². The van der Waals surface area contributed by atoms with Crippen molar-refractivity contribution in [1.82, 2.24) is 0 Å². The van der Waals surface area contributed by atoms with Crippen LogP contribution in [0.3, 0.4) is 0 Å². The molecule has 1 heterocycles. The fourth-order valence-electron chi connectivity index (χ4n) is 3.02. The zero-order valence-corrected chi connectivity index (χ0v) is 13.4. The fraction of sp³-hybridized carbons (Fsp3) is 0.278. The van der Waals surface area contributed by atoms with Crippen molar-refractivity contribution in [3.8, 4) is 17.2 Å². The Hall–Kier alpha value is -2.69. The molecule has 0 aliphatic carbocycles. The van der Waals surface area contributed by atoms with Gasteiger partial charge in [0.2, 0.25) is 5.91 Å². The van der Waals surface area contributed by atoms with E-state index in [1.54, 1.807) is 27.4 Å². The predicted octanol–water partition coefficient (Wildman–Crippen LogP) is 3.19. The maximum atomic E-state index is 12.2. The van der Waals surface area contributed by atoms with E-state index in [4.69, 9.17) is 14.2 Å². The topological polar surface area (TPSA) is 56.8 Å². The third-order valence-electron chi connectivity index (χ3n) is 4.11. The van der Waals surface area contributed by atoms with Crippen molar-refractivity contribution < 1.29 is 19.0 Å². The second-order valence-electron chi connectivity index (χ2n) is 5.34. The lowest BCUT2D eigenvalue weighted by molar-refractivity contribution is -0.116. The van der Waals surface area contributed by atoms with Gasteiger partial charge in [-0.15, -0.1) is 0 Å². The highest BCUT2D eigenvalue weighted by molar-refractivity contribution is 5.98. The summed E-state index contributed by atoms with van der Waals surface area (Å²) < 4.78 is 16.2. The van der Waals surface area contributed by atoms with Crippen LogP contribution >= 0.6 is 0 Å². The minimum atomic E-state index is -0.112. The maximum absolute atomic E-state index is 12.2. The Bertz CT molecular complexity index is 742. The first-order valence-electron chi connectivity index (χ1n) is 7.36. The van der Waals surface area contributed by atoms with Crippen molar-refractivity contribution in [1.29, 1.82) is 0 Å². The summed E-state index contributed by atoms with van der Waals surface area (Å²) in [5.41, 5.74) is 2.61. The number of hydrogen-bond acceptors (Lipinski definition) is 4. The molecule has 2 aromatic carbocycles. The van der Waals surface area contributed by atoms with E-state index in [0.717, 1.165) is 22.6 Å². The summed E-state index contributed by atoms with van der Waals surface area (Å²) in [6, 6.07) is 11.4. The van der Waals surface area contributed by atoms with Gasteiger partial charge in [-0.25, -0.2) is 0 Å². The van der Waals surface area contributed by atoms with Crippen LogP contribution in [0.1, 0.15) is 23.5 Å². The normalized spacial score (nSPS) is 16.3. The van der Waals surface area contributed by atoms with Gasteiger partial charge in [-0.05, 0) is 29.8 Å². The van der Waals surface area contributed by atoms with Crippen LogP contribution in [0.4, 0.5) is 5.69 Å². The Morgan fingerprint density at radius 2 is 1.74 bits per heavy atom. The second-order valence-corrected chi connectivity index (χ2v) is 5.34. The number of anilines is 1. The maximum Gasteiger partial charge on any atom is 0.225 e. The van der Waals surface area contributed by atoms with E-state index in [-0.39, 0.29) is 11.8 Å². The van der Waals surface area contributed by atoms with Crippen LogP contribution in [0, 0.1) is 0 Å². The summed E-state index contributed by atoms with van der Waals surface area (Å²) in [5.74, 6) is 1.96. The molecule has 23 heavy (non-hydrogen) atoms. The third-order valence-corrected chi connectivity index (χ3v) is 4.11. The van der Waals surface area contributed by atoms with Crippen molar-refractivity contribution in [3.63, 3.8) is 0 Å². The molecule has 0 radical (unpaired) electrons. The van der Waals surface area contributed by atoms with Gasteiger partial charge in [0.05, 0.1) is 27.0 Å². The zero-order chi connectivity index (χ0) is 16.4. The quantitative estimate of drug-likeness (QED) is 0.942. The first-order chi connectivity index (χ1) is 11.2. The number of ether oxygens (including phenoxy) is 3. The summed E-state index contributed by atoms with van der Waals surface area (Å²) in [6.07, 6.45) is 0.351. The first kappa shape index (κ1) is 15.2. The van der Waals surface area contributed by atoms with Gasteiger partial charge in [0.1, 0.15) is 17.2 Å². The molecule has 1 unspecified atom stereocenters. The van der Waals surface area contributed by atoms with Crippen molar-refractivity contribution in [2.45, 2.75) is 12.3 Å².